The molecule has 1 aliphatic rings. The van der Waals surface area contributed by atoms with Gasteiger partial charge in [-0.25, -0.2) is 0 Å². The van der Waals surface area contributed by atoms with Crippen LogP contribution in [-0.2, 0) is 0 Å². The molecular formula is C42H27NS. The number of hydrogen-bond donors (Lipinski definition) is 0. The van der Waals surface area contributed by atoms with E-state index in [1.807, 2.05) is 11.8 Å². The minimum absolute atomic E-state index is 1.18. The highest BCUT2D eigenvalue weighted by molar-refractivity contribution is 7.99. The van der Waals surface area contributed by atoms with Gasteiger partial charge in [-0.05, 0) is 109 Å². The smallest absolute Gasteiger partial charge is 0.0601 e. The van der Waals surface area contributed by atoms with Gasteiger partial charge in [0, 0.05) is 15.5 Å². The number of benzene rings is 8. The van der Waals surface area contributed by atoms with Gasteiger partial charge in [0.15, 0.2) is 0 Å². The molecule has 0 saturated carbocycles. The van der Waals surface area contributed by atoms with E-state index in [2.05, 4.69) is 169 Å². The molecule has 0 amide bonds. The van der Waals surface area contributed by atoms with E-state index in [1.54, 1.807) is 0 Å². The summed E-state index contributed by atoms with van der Waals surface area (Å²) in [5, 5.41) is 7.55. The van der Waals surface area contributed by atoms with Gasteiger partial charge in [0.05, 0.1) is 11.4 Å². The van der Waals surface area contributed by atoms with Crippen LogP contribution < -0.4 is 4.90 Å². The van der Waals surface area contributed by atoms with Gasteiger partial charge in [-0.1, -0.05) is 121 Å². The van der Waals surface area contributed by atoms with Gasteiger partial charge in [-0.2, -0.15) is 0 Å². The third kappa shape index (κ3) is 4.11. The predicted octanol–water partition coefficient (Wildman–Crippen LogP) is 12.4. The molecule has 0 spiro atoms. The fourth-order valence-electron chi connectivity index (χ4n) is 6.68. The number of hydrogen-bond acceptors (Lipinski definition) is 2. The number of para-hydroxylation sites is 2. The van der Waals surface area contributed by atoms with Crippen molar-refractivity contribution in [1.82, 2.24) is 0 Å². The summed E-state index contributed by atoms with van der Waals surface area (Å²) in [5.41, 5.74) is 8.62. The summed E-state index contributed by atoms with van der Waals surface area (Å²) in [5.74, 6) is 0. The maximum absolute atomic E-state index is 2.40. The van der Waals surface area contributed by atoms with Crippen LogP contribution in [0.25, 0.3) is 54.6 Å². The highest BCUT2D eigenvalue weighted by Gasteiger charge is 2.24. The minimum Gasteiger partial charge on any atom is -0.308 e. The first-order valence-corrected chi connectivity index (χ1v) is 15.8. The molecule has 1 nitrogen and oxygen atoms in total. The summed E-state index contributed by atoms with van der Waals surface area (Å²) in [6, 6.07) is 59.9. The average Bonchev–Trinajstić information content (AvgIpc) is 3.09. The van der Waals surface area contributed by atoms with E-state index >= 15 is 0 Å². The molecule has 0 unspecified atom stereocenters. The Morgan fingerprint density at radius 1 is 0.364 bits per heavy atom. The molecule has 1 heterocycles. The molecule has 0 saturated heterocycles. The van der Waals surface area contributed by atoms with Gasteiger partial charge >= 0.3 is 0 Å². The third-order valence-corrected chi connectivity index (χ3v) is 9.92. The lowest BCUT2D eigenvalue weighted by molar-refractivity contribution is 1.17. The zero-order chi connectivity index (χ0) is 29.0. The number of rotatable bonds is 3. The van der Waals surface area contributed by atoms with Gasteiger partial charge in [0.1, 0.15) is 0 Å². The second-order valence-electron chi connectivity index (χ2n) is 11.4. The van der Waals surface area contributed by atoms with Crippen LogP contribution in [0.3, 0.4) is 0 Å². The number of anilines is 3. The topological polar surface area (TPSA) is 3.24 Å². The van der Waals surface area contributed by atoms with Crippen LogP contribution >= 0.6 is 11.8 Å². The van der Waals surface area contributed by atoms with Gasteiger partial charge in [0.2, 0.25) is 0 Å². The molecule has 0 aromatic heterocycles. The van der Waals surface area contributed by atoms with E-state index in [-0.39, 0.29) is 0 Å². The maximum Gasteiger partial charge on any atom is 0.0601 e. The number of fused-ring (bicyclic) bond motifs is 6. The van der Waals surface area contributed by atoms with Crippen molar-refractivity contribution >= 4 is 61.1 Å². The molecule has 2 heteroatoms. The quantitative estimate of drug-likeness (QED) is 0.192. The summed E-state index contributed by atoms with van der Waals surface area (Å²) in [6.45, 7) is 0. The lowest BCUT2D eigenvalue weighted by Gasteiger charge is -2.33. The van der Waals surface area contributed by atoms with Gasteiger partial charge in [0.25, 0.3) is 0 Å². The van der Waals surface area contributed by atoms with E-state index < -0.39 is 0 Å². The summed E-state index contributed by atoms with van der Waals surface area (Å²) in [4.78, 5) is 4.96. The van der Waals surface area contributed by atoms with Crippen LogP contribution in [-0.4, -0.2) is 0 Å². The molecular weight excluding hydrogens is 551 g/mol. The summed E-state index contributed by atoms with van der Waals surface area (Å²) >= 11 is 1.84. The highest BCUT2D eigenvalue weighted by Crippen LogP contribution is 2.51. The SMILES string of the molecule is c1ccc(-c2cc3ccccc3cc2-c2ccc3c(ccc4cc(N5c6ccccc6Sc6ccccc65)ccc43)c2)cc1. The standard InChI is InChI=1S/C42H27NS/c1-2-10-28(11-3-1)37-26-29-12-4-5-13-30(29)27-38(37)32-20-22-35-31(24-32)18-19-33-25-34(21-23-36(33)35)43-39-14-6-8-16-41(39)44-42-17-9-7-15-40(42)43/h1-27H. The lowest BCUT2D eigenvalue weighted by atomic mass is 9.90. The van der Waals surface area contributed by atoms with Crippen molar-refractivity contribution in [2.24, 2.45) is 0 Å². The molecule has 0 radical (unpaired) electrons. The Morgan fingerprint density at radius 3 is 1.59 bits per heavy atom. The largest absolute Gasteiger partial charge is 0.308 e. The van der Waals surface area contributed by atoms with Gasteiger partial charge in [-0.15, -0.1) is 0 Å². The van der Waals surface area contributed by atoms with Crippen molar-refractivity contribution in [2.45, 2.75) is 9.79 Å². The van der Waals surface area contributed by atoms with Crippen molar-refractivity contribution in [3.05, 3.63) is 164 Å². The molecule has 9 rings (SSSR count). The number of nitrogens with zero attached hydrogens (tertiary/aromatic N) is 1. The van der Waals surface area contributed by atoms with Crippen LogP contribution in [0.4, 0.5) is 17.1 Å². The van der Waals surface area contributed by atoms with Crippen molar-refractivity contribution in [2.75, 3.05) is 4.90 Å². The Hall–Kier alpha value is -5.31. The molecule has 0 atom stereocenters. The summed E-state index contributed by atoms with van der Waals surface area (Å²) in [7, 11) is 0. The first-order valence-electron chi connectivity index (χ1n) is 15.0. The van der Waals surface area contributed by atoms with E-state index in [4.69, 9.17) is 0 Å². The Bertz CT molecular complexity index is 2330. The molecule has 0 N–H and O–H groups in total. The fourth-order valence-corrected chi connectivity index (χ4v) is 7.74. The van der Waals surface area contributed by atoms with Crippen LogP contribution in [0.5, 0.6) is 0 Å². The van der Waals surface area contributed by atoms with Crippen molar-refractivity contribution in [3.8, 4) is 22.3 Å². The first kappa shape index (κ1) is 25.2. The van der Waals surface area contributed by atoms with E-state index in [0.717, 1.165) is 0 Å². The summed E-state index contributed by atoms with van der Waals surface area (Å²) < 4.78 is 0. The molecule has 206 valence electrons. The van der Waals surface area contributed by atoms with E-state index in [0.29, 0.717) is 0 Å². The minimum atomic E-state index is 1.18. The average molecular weight is 578 g/mol. The van der Waals surface area contributed by atoms with Crippen LogP contribution in [0.1, 0.15) is 0 Å². The Labute approximate surface area is 261 Å². The lowest BCUT2D eigenvalue weighted by Crippen LogP contribution is -2.14. The second kappa shape index (κ2) is 10.2. The predicted molar refractivity (Wildman–Crippen MR) is 189 cm³/mol. The van der Waals surface area contributed by atoms with Crippen LogP contribution in [0.15, 0.2) is 174 Å². The van der Waals surface area contributed by atoms with E-state index in [9.17, 15) is 0 Å². The molecule has 44 heavy (non-hydrogen) atoms. The zero-order valence-electron chi connectivity index (χ0n) is 23.9. The first-order chi connectivity index (χ1) is 21.8. The molecule has 0 aliphatic carbocycles. The summed E-state index contributed by atoms with van der Waals surface area (Å²) in [6.07, 6.45) is 0. The van der Waals surface area contributed by atoms with Crippen LogP contribution in [0, 0.1) is 0 Å². The van der Waals surface area contributed by atoms with Crippen molar-refractivity contribution in [1.29, 1.82) is 0 Å². The fraction of sp³-hybridized carbons (Fsp3) is 0. The van der Waals surface area contributed by atoms with E-state index in [1.165, 1.54) is 81.4 Å². The van der Waals surface area contributed by atoms with Crippen molar-refractivity contribution in [3.63, 3.8) is 0 Å². The maximum atomic E-state index is 2.40. The molecule has 8 aromatic rings. The molecule has 0 bridgehead atoms. The normalized spacial score (nSPS) is 12.4. The Morgan fingerprint density at radius 2 is 0.909 bits per heavy atom. The van der Waals surface area contributed by atoms with Crippen molar-refractivity contribution < 1.29 is 0 Å². The Kier molecular flexibility index (Phi) is 5.82. The second-order valence-corrected chi connectivity index (χ2v) is 12.5. The van der Waals surface area contributed by atoms with Crippen LogP contribution in [0.2, 0.25) is 0 Å². The van der Waals surface area contributed by atoms with Gasteiger partial charge < -0.3 is 4.90 Å². The zero-order valence-corrected chi connectivity index (χ0v) is 24.8. The highest BCUT2D eigenvalue weighted by atomic mass is 32.2. The molecule has 1 aliphatic heterocycles. The molecule has 0 fully saturated rings. The monoisotopic (exact) mass is 577 g/mol. The molecule has 8 aromatic carbocycles. The third-order valence-electron chi connectivity index (χ3n) is 8.79. The van der Waals surface area contributed by atoms with Gasteiger partial charge in [-0.3, -0.25) is 0 Å². The Balaban J connectivity index is 1.18.